The normalized spacial score (nSPS) is 24.1. The Morgan fingerprint density at radius 3 is 3.00 bits per heavy atom. The molecular weight excluding hydrogens is 332 g/mol. The number of carbonyl (C=O) groups is 2. The molecule has 0 bridgehead atoms. The zero-order valence-electron chi connectivity index (χ0n) is 13.6. The van der Waals surface area contributed by atoms with Crippen LogP contribution in [0, 0.1) is 0 Å². The van der Waals surface area contributed by atoms with Crippen LogP contribution in [-0.4, -0.2) is 58.6 Å². The molecule has 0 radical (unpaired) electrons. The number of hydrogen-bond acceptors (Lipinski definition) is 4. The van der Waals surface area contributed by atoms with Crippen molar-refractivity contribution in [3.05, 3.63) is 28.8 Å². The maximum absolute atomic E-state index is 12.5. The summed E-state index contributed by atoms with van der Waals surface area (Å²) >= 11 is 6.09. The summed E-state index contributed by atoms with van der Waals surface area (Å²) in [4.78, 5) is 27.4. The molecule has 0 unspecified atom stereocenters. The Morgan fingerprint density at radius 1 is 1.46 bits per heavy atom. The van der Waals surface area contributed by atoms with Crippen LogP contribution < -0.4 is 4.74 Å². The standard InChI is InChI=1S/C17H21ClN2O4/c1-11-17(23)20-6-2-3-14(20)9-19(11)8-12-7-13(18)4-5-15(12)24-10-16(21)22/h4-5,7,11,14H,2-3,6,8-10H2,1H3,(H,21,22)/t11-,14+/m1/s1. The number of amides is 1. The van der Waals surface area contributed by atoms with Gasteiger partial charge in [0.2, 0.25) is 5.91 Å². The fourth-order valence-corrected chi connectivity index (χ4v) is 3.71. The highest BCUT2D eigenvalue weighted by Crippen LogP contribution is 2.30. The summed E-state index contributed by atoms with van der Waals surface area (Å²) in [5.74, 6) is -0.368. The Morgan fingerprint density at radius 2 is 2.25 bits per heavy atom. The van der Waals surface area contributed by atoms with Gasteiger partial charge in [-0.1, -0.05) is 11.6 Å². The third-order valence-electron chi connectivity index (χ3n) is 4.76. The van der Waals surface area contributed by atoms with Gasteiger partial charge >= 0.3 is 5.97 Å². The van der Waals surface area contributed by atoms with Gasteiger partial charge in [0, 0.05) is 36.3 Å². The van der Waals surface area contributed by atoms with Crippen LogP contribution in [0.25, 0.3) is 0 Å². The van der Waals surface area contributed by atoms with Gasteiger partial charge in [-0.25, -0.2) is 4.79 Å². The summed E-state index contributed by atoms with van der Waals surface area (Å²) in [6, 6.07) is 5.20. The van der Waals surface area contributed by atoms with E-state index >= 15 is 0 Å². The van der Waals surface area contributed by atoms with Crippen molar-refractivity contribution in [1.82, 2.24) is 9.80 Å². The van der Waals surface area contributed by atoms with Gasteiger partial charge in [0.1, 0.15) is 5.75 Å². The van der Waals surface area contributed by atoms with Crippen LogP contribution in [-0.2, 0) is 16.1 Å². The molecule has 2 heterocycles. The maximum atomic E-state index is 12.5. The molecule has 1 aromatic rings. The molecule has 2 saturated heterocycles. The lowest BCUT2D eigenvalue weighted by Gasteiger charge is -2.41. The number of piperazine rings is 1. The fourth-order valence-electron chi connectivity index (χ4n) is 3.51. The van der Waals surface area contributed by atoms with Crippen LogP contribution in [0.5, 0.6) is 5.75 Å². The highest BCUT2D eigenvalue weighted by Gasteiger charge is 2.40. The molecule has 2 aliphatic heterocycles. The second-order valence-electron chi connectivity index (χ2n) is 6.37. The van der Waals surface area contributed by atoms with Crippen LogP contribution >= 0.6 is 11.6 Å². The van der Waals surface area contributed by atoms with Gasteiger partial charge in [0.05, 0.1) is 6.04 Å². The summed E-state index contributed by atoms with van der Waals surface area (Å²) in [5.41, 5.74) is 0.801. The monoisotopic (exact) mass is 352 g/mol. The van der Waals surface area contributed by atoms with E-state index in [2.05, 4.69) is 4.90 Å². The number of ether oxygens (including phenoxy) is 1. The van der Waals surface area contributed by atoms with Crippen molar-refractivity contribution < 1.29 is 19.4 Å². The Kier molecular flexibility index (Phi) is 4.96. The molecule has 1 amide bonds. The van der Waals surface area contributed by atoms with Crippen LogP contribution in [0.15, 0.2) is 18.2 Å². The van der Waals surface area contributed by atoms with E-state index in [0.29, 0.717) is 17.3 Å². The van der Waals surface area contributed by atoms with Gasteiger partial charge in [0.25, 0.3) is 0 Å². The van der Waals surface area contributed by atoms with E-state index in [0.717, 1.165) is 31.5 Å². The molecule has 1 aromatic carbocycles. The van der Waals surface area contributed by atoms with Crippen molar-refractivity contribution >= 4 is 23.5 Å². The van der Waals surface area contributed by atoms with Crippen molar-refractivity contribution in [1.29, 1.82) is 0 Å². The highest BCUT2D eigenvalue weighted by atomic mass is 35.5. The van der Waals surface area contributed by atoms with E-state index in [-0.39, 0.29) is 18.0 Å². The second kappa shape index (κ2) is 6.99. The lowest BCUT2D eigenvalue weighted by Crippen LogP contribution is -2.58. The minimum Gasteiger partial charge on any atom is -0.482 e. The number of carboxylic acid groups (broad SMARTS) is 1. The first-order chi connectivity index (χ1) is 11.5. The molecule has 2 atom stereocenters. The predicted molar refractivity (Wildman–Crippen MR) is 89.2 cm³/mol. The summed E-state index contributed by atoms with van der Waals surface area (Å²) in [7, 11) is 0. The molecule has 3 rings (SSSR count). The molecule has 2 fully saturated rings. The Labute approximate surface area is 145 Å². The van der Waals surface area contributed by atoms with Crippen LogP contribution in [0.1, 0.15) is 25.3 Å². The lowest BCUT2D eigenvalue weighted by molar-refractivity contribution is -0.143. The van der Waals surface area contributed by atoms with Gasteiger partial charge in [0.15, 0.2) is 6.61 Å². The zero-order chi connectivity index (χ0) is 17.3. The average Bonchev–Trinajstić information content (AvgIpc) is 3.00. The summed E-state index contributed by atoms with van der Waals surface area (Å²) in [6.07, 6.45) is 2.09. The van der Waals surface area contributed by atoms with E-state index in [9.17, 15) is 9.59 Å². The fraction of sp³-hybridized carbons (Fsp3) is 0.529. The molecule has 0 spiro atoms. The molecule has 7 heteroatoms. The Balaban J connectivity index is 1.78. The average molecular weight is 353 g/mol. The summed E-state index contributed by atoms with van der Waals surface area (Å²) in [6.45, 7) is 3.69. The van der Waals surface area contributed by atoms with Gasteiger partial charge < -0.3 is 14.7 Å². The Hall–Kier alpha value is -1.79. The first kappa shape index (κ1) is 17.0. The van der Waals surface area contributed by atoms with Crippen LogP contribution in [0.2, 0.25) is 5.02 Å². The minimum absolute atomic E-state index is 0.166. The van der Waals surface area contributed by atoms with E-state index in [4.69, 9.17) is 21.4 Å². The molecule has 1 N–H and O–H groups in total. The molecule has 0 aromatic heterocycles. The SMILES string of the molecule is C[C@@H]1C(=O)N2CCC[C@H]2CN1Cc1cc(Cl)ccc1OCC(=O)O. The largest absolute Gasteiger partial charge is 0.482 e. The lowest BCUT2D eigenvalue weighted by atomic mass is 10.1. The van der Waals surface area contributed by atoms with Crippen molar-refractivity contribution in [2.24, 2.45) is 0 Å². The van der Waals surface area contributed by atoms with Crippen molar-refractivity contribution in [3.63, 3.8) is 0 Å². The molecule has 6 nitrogen and oxygen atoms in total. The molecule has 24 heavy (non-hydrogen) atoms. The van der Waals surface area contributed by atoms with E-state index in [1.165, 1.54) is 0 Å². The summed E-state index contributed by atoms with van der Waals surface area (Å²) in [5, 5.41) is 9.37. The molecular formula is C17H21ClN2O4. The third kappa shape index (κ3) is 3.49. The number of nitrogens with zero attached hydrogens (tertiary/aromatic N) is 2. The van der Waals surface area contributed by atoms with E-state index in [1.54, 1.807) is 18.2 Å². The number of halogens is 1. The quantitative estimate of drug-likeness (QED) is 0.877. The predicted octanol–water partition coefficient (Wildman–Crippen LogP) is 2.00. The van der Waals surface area contributed by atoms with Gasteiger partial charge in [-0.05, 0) is 38.0 Å². The highest BCUT2D eigenvalue weighted by molar-refractivity contribution is 6.30. The van der Waals surface area contributed by atoms with Crippen LogP contribution in [0.3, 0.4) is 0 Å². The number of benzene rings is 1. The first-order valence-corrected chi connectivity index (χ1v) is 8.51. The maximum Gasteiger partial charge on any atom is 0.341 e. The van der Waals surface area contributed by atoms with Crippen LogP contribution in [0.4, 0.5) is 0 Å². The van der Waals surface area contributed by atoms with Gasteiger partial charge in [-0.3, -0.25) is 9.69 Å². The van der Waals surface area contributed by atoms with E-state index in [1.807, 2.05) is 11.8 Å². The number of rotatable bonds is 5. The Bertz CT molecular complexity index is 651. The first-order valence-electron chi connectivity index (χ1n) is 8.13. The van der Waals surface area contributed by atoms with Crippen molar-refractivity contribution in [2.75, 3.05) is 19.7 Å². The number of fused-ring (bicyclic) bond motifs is 1. The topological polar surface area (TPSA) is 70.1 Å². The number of carbonyl (C=O) groups excluding carboxylic acids is 1. The van der Waals surface area contributed by atoms with Crippen molar-refractivity contribution in [3.8, 4) is 5.75 Å². The van der Waals surface area contributed by atoms with Crippen molar-refractivity contribution in [2.45, 2.75) is 38.4 Å². The zero-order valence-corrected chi connectivity index (χ0v) is 14.3. The molecule has 130 valence electrons. The molecule has 0 aliphatic carbocycles. The smallest absolute Gasteiger partial charge is 0.341 e. The third-order valence-corrected chi connectivity index (χ3v) is 4.99. The second-order valence-corrected chi connectivity index (χ2v) is 6.80. The van der Waals surface area contributed by atoms with Gasteiger partial charge in [-0.2, -0.15) is 0 Å². The number of hydrogen-bond donors (Lipinski definition) is 1. The number of carboxylic acids is 1. The van der Waals surface area contributed by atoms with Gasteiger partial charge in [-0.15, -0.1) is 0 Å². The minimum atomic E-state index is -1.03. The van der Waals surface area contributed by atoms with E-state index < -0.39 is 12.6 Å². The number of aliphatic carboxylic acids is 1. The molecule has 2 aliphatic rings. The summed E-state index contributed by atoms with van der Waals surface area (Å²) < 4.78 is 5.36. The molecule has 0 saturated carbocycles.